The Labute approximate surface area is 225 Å². The van der Waals surface area contributed by atoms with Crippen LogP contribution >= 0.6 is 0 Å². The molecule has 198 valence electrons. The van der Waals surface area contributed by atoms with Crippen molar-refractivity contribution in [2.45, 2.75) is 44.8 Å². The lowest BCUT2D eigenvalue weighted by atomic mass is 10.00. The van der Waals surface area contributed by atoms with E-state index in [-0.39, 0.29) is 12.0 Å². The van der Waals surface area contributed by atoms with Gasteiger partial charge in [0.25, 0.3) is 0 Å². The molecule has 0 saturated carbocycles. The van der Waals surface area contributed by atoms with E-state index in [1.54, 1.807) is 24.3 Å². The average molecular weight is 513 g/mol. The van der Waals surface area contributed by atoms with Crippen LogP contribution in [0.4, 0.5) is 5.69 Å². The second-order valence-electron chi connectivity index (χ2n) is 9.89. The zero-order chi connectivity index (χ0) is 26.9. The van der Waals surface area contributed by atoms with Crippen molar-refractivity contribution in [2.24, 2.45) is 5.73 Å². The first kappa shape index (κ1) is 27.2. The molecule has 0 bridgehead atoms. The molecule has 2 N–H and O–H groups in total. The van der Waals surface area contributed by atoms with Crippen LogP contribution in [0.3, 0.4) is 0 Å². The van der Waals surface area contributed by atoms with Gasteiger partial charge in [0.15, 0.2) is 0 Å². The lowest BCUT2D eigenvalue weighted by Gasteiger charge is -2.40. The SMILES string of the molecule is COC(=O)c1ccc(Oc2ccc(N(Cc3cccc(C#N)c3)C3CCN(CCC(C)N)CC3)cc2)cc1. The number of benzene rings is 3. The first-order valence-corrected chi connectivity index (χ1v) is 13.1. The van der Waals surface area contributed by atoms with Crippen LogP contribution in [0.5, 0.6) is 11.5 Å². The number of carbonyl (C=O) groups is 1. The Hall–Kier alpha value is -3.86. The van der Waals surface area contributed by atoms with Gasteiger partial charge in [-0.15, -0.1) is 0 Å². The average Bonchev–Trinajstić information content (AvgIpc) is 2.96. The van der Waals surface area contributed by atoms with Gasteiger partial charge in [-0.3, -0.25) is 0 Å². The van der Waals surface area contributed by atoms with E-state index >= 15 is 0 Å². The van der Waals surface area contributed by atoms with Gasteiger partial charge in [-0.25, -0.2) is 4.79 Å². The number of methoxy groups -OCH3 is 1. The van der Waals surface area contributed by atoms with E-state index in [1.165, 1.54) is 7.11 Å². The molecule has 38 heavy (non-hydrogen) atoms. The molecule has 1 unspecified atom stereocenters. The molecular formula is C31H36N4O3. The number of carbonyl (C=O) groups excluding carboxylic acids is 1. The summed E-state index contributed by atoms with van der Waals surface area (Å²) in [7, 11) is 1.36. The Kier molecular flexibility index (Phi) is 9.36. The fourth-order valence-corrected chi connectivity index (χ4v) is 4.83. The van der Waals surface area contributed by atoms with Gasteiger partial charge < -0.3 is 25.0 Å². The maximum Gasteiger partial charge on any atom is 0.337 e. The van der Waals surface area contributed by atoms with Crippen molar-refractivity contribution in [3.8, 4) is 17.6 Å². The number of ether oxygens (including phenoxy) is 2. The van der Waals surface area contributed by atoms with E-state index in [4.69, 9.17) is 15.2 Å². The molecule has 1 aliphatic heterocycles. The molecule has 1 fully saturated rings. The third-order valence-electron chi connectivity index (χ3n) is 6.99. The molecule has 0 spiro atoms. The van der Waals surface area contributed by atoms with E-state index in [2.05, 4.69) is 41.0 Å². The first-order chi connectivity index (χ1) is 18.4. The highest BCUT2D eigenvalue weighted by Gasteiger charge is 2.25. The monoisotopic (exact) mass is 512 g/mol. The largest absolute Gasteiger partial charge is 0.465 e. The Morgan fingerprint density at radius 1 is 1.08 bits per heavy atom. The number of likely N-dealkylation sites (tertiary alicyclic amines) is 1. The quantitative estimate of drug-likeness (QED) is 0.366. The fraction of sp³-hybridized carbons (Fsp3) is 0.355. The molecule has 4 rings (SSSR count). The number of nitriles is 1. The summed E-state index contributed by atoms with van der Waals surface area (Å²) in [6.45, 7) is 5.94. The molecule has 1 aliphatic rings. The lowest BCUT2D eigenvalue weighted by Crippen LogP contribution is -2.45. The van der Waals surface area contributed by atoms with Crippen LogP contribution in [-0.4, -0.2) is 49.7 Å². The van der Waals surface area contributed by atoms with E-state index < -0.39 is 0 Å². The number of nitrogens with zero attached hydrogens (tertiary/aromatic N) is 3. The standard InChI is InChI=1S/C31H36N4O3/c1-23(33)14-17-34-18-15-28(16-19-34)35(22-25-5-3-4-24(20-25)21-32)27-8-12-30(13-9-27)38-29-10-6-26(7-11-29)31(36)37-2/h3-13,20,23,28H,14-19,22,33H2,1-2H3. The van der Waals surface area contributed by atoms with Crippen molar-refractivity contribution in [1.82, 2.24) is 4.90 Å². The number of piperidine rings is 1. The number of nitrogens with two attached hydrogens (primary N) is 1. The fourth-order valence-electron chi connectivity index (χ4n) is 4.83. The van der Waals surface area contributed by atoms with Crippen molar-refractivity contribution < 1.29 is 14.3 Å². The maximum atomic E-state index is 11.7. The molecular weight excluding hydrogens is 476 g/mol. The first-order valence-electron chi connectivity index (χ1n) is 13.1. The summed E-state index contributed by atoms with van der Waals surface area (Å²) in [6, 6.07) is 25.7. The summed E-state index contributed by atoms with van der Waals surface area (Å²) in [5.74, 6) is 0.993. The third kappa shape index (κ3) is 7.34. The zero-order valence-electron chi connectivity index (χ0n) is 22.2. The highest BCUT2D eigenvalue weighted by atomic mass is 16.5. The lowest BCUT2D eigenvalue weighted by molar-refractivity contribution is 0.0600. The van der Waals surface area contributed by atoms with Gasteiger partial charge in [0, 0.05) is 37.4 Å². The molecule has 3 aromatic carbocycles. The van der Waals surface area contributed by atoms with Crippen molar-refractivity contribution >= 4 is 11.7 Å². The van der Waals surface area contributed by atoms with Crippen molar-refractivity contribution in [2.75, 3.05) is 31.6 Å². The number of rotatable bonds is 10. The molecule has 0 aromatic heterocycles. The Balaban J connectivity index is 1.48. The zero-order valence-corrected chi connectivity index (χ0v) is 22.2. The molecule has 0 radical (unpaired) electrons. The predicted octanol–water partition coefficient (Wildman–Crippen LogP) is 5.35. The number of esters is 1. The van der Waals surface area contributed by atoms with Gasteiger partial charge in [0.2, 0.25) is 0 Å². The highest BCUT2D eigenvalue weighted by Crippen LogP contribution is 2.30. The molecule has 1 heterocycles. The van der Waals surface area contributed by atoms with Gasteiger partial charge in [-0.05, 0) is 99.0 Å². The summed E-state index contributed by atoms with van der Waals surface area (Å²) in [6.07, 6.45) is 3.16. The third-order valence-corrected chi connectivity index (χ3v) is 6.99. The summed E-state index contributed by atoms with van der Waals surface area (Å²) >= 11 is 0. The minimum absolute atomic E-state index is 0.225. The van der Waals surface area contributed by atoms with Crippen LogP contribution in [0.2, 0.25) is 0 Å². The normalized spacial score (nSPS) is 14.9. The van der Waals surface area contributed by atoms with Crippen LogP contribution in [0.15, 0.2) is 72.8 Å². The minimum atomic E-state index is -0.374. The molecule has 1 saturated heterocycles. The maximum absolute atomic E-state index is 11.7. The van der Waals surface area contributed by atoms with E-state index in [9.17, 15) is 10.1 Å². The molecule has 7 heteroatoms. The second-order valence-corrected chi connectivity index (χ2v) is 9.89. The number of hydrogen-bond acceptors (Lipinski definition) is 7. The van der Waals surface area contributed by atoms with Gasteiger partial charge in [0.1, 0.15) is 11.5 Å². The van der Waals surface area contributed by atoms with Crippen molar-refractivity contribution in [3.05, 3.63) is 89.5 Å². The van der Waals surface area contributed by atoms with Crippen molar-refractivity contribution in [3.63, 3.8) is 0 Å². The summed E-state index contributed by atoms with van der Waals surface area (Å²) in [5.41, 5.74) is 9.37. The molecule has 7 nitrogen and oxygen atoms in total. The van der Waals surface area contributed by atoms with E-state index in [0.29, 0.717) is 22.9 Å². The summed E-state index contributed by atoms with van der Waals surface area (Å²) < 4.78 is 10.8. The second kappa shape index (κ2) is 13.1. The van der Waals surface area contributed by atoms with E-state index in [1.807, 2.05) is 30.3 Å². The van der Waals surface area contributed by atoms with Crippen LogP contribution < -0.4 is 15.4 Å². The Bertz CT molecular complexity index is 1230. The number of anilines is 1. The predicted molar refractivity (Wildman–Crippen MR) is 149 cm³/mol. The van der Waals surface area contributed by atoms with Crippen LogP contribution in [0.25, 0.3) is 0 Å². The smallest absolute Gasteiger partial charge is 0.337 e. The molecule has 0 aliphatic carbocycles. The Morgan fingerprint density at radius 3 is 2.34 bits per heavy atom. The molecule has 0 amide bonds. The van der Waals surface area contributed by atoms with Crippen LogP contribution in [-0.2, 0) is 11.3 Å². The topological polar surface area (TPSA) is 91.8 Å². The number of hydrogen-bond donors (Lipinski definition) is 1. The van der Waals surface area contributed by atoms with Crippen LogP contribution in [0, 0.1) is 11.3 Å². The highest BCUT2D eigenvalue weighted by molar-refractivity contribution is 5.89. The minimum Gasteiger partial charge on any atom is -0.465 e. The van der Waals surface area contributed by atoms with Gasteiger partial charge in [0.05, 0.1) is 24.3 Å². The van der Waals surface area contributed by atoms with E-state index in [0.717, 1.165) is 62.4 Å². The summed E-state index contributed by atoms with van der Waals surface area (Å²) in [4.78, 5) is 16.6. The van der Waals surface area contributed by atoms with Gasteiger partial charge in [-0.2, -0.15) is 5.26 Å². The van der Waals surface area contributed by atoms with Gasteiger partial charge >= 0.3 is 5.97 Å². The molecule has 3 aromatic rings. The van der Waals surface area contributed by atoms with Crippen LogP contribution in [0.1, 0.15) is 47.7 Å². The van der Waals surface area contributed by atoms with Gasteiger partial charge in [-0.1, -0.05) is 12.1 Å². The Morgan fingerprint density at radius 2 is 1.74 bits per heavy atom. The van der Waals surface area contributed by atoms with Crippen molar-refractivity contribution in [1.29, 1.82) is 5.26 Å². The molecule has 1 atom stereocenters. The summed E-state index contributed by atoms with van der Waals surface area (Å²) in [5, 5.41) is 9.37.